The molecule has 0 aromatic heterocycles. The van der Waals surface area contributed by atoms with Crippen LogP contribution in [0.25, 0.3) is 0 Å². The van der Waals surface area contributed by atoms with E-state index >= 15 is 0 Å². The van der Waals surface area contributed by atoms with Gasteiger partial charge in [0, 0.05) is 37.7 Å². The van der Waals surface area contributed by atoms with Gasteiger partial charge in [-0.15, -0.1) is 0 Å². The molecule has 1 saturated heterocycles. The first-order valence-corrected chi connectivity index (χ1v) is 8.09. The maximum atomic E-state index is 13.1. The Morgan fingerprint density at radius 1 is 1.04 bits per heavy atom. The summed E-state index contributed by atoms with van der Waals surface area (Å²) in [6, 6.07) is 14.4. The van der Waals surface area contributed by atoms with Gasteiger partial charge in [-0.1, -0.05) is 41.9 Å². The van der Waals surface area contributed by atoms with Crippen LogP contribution in [0, 0.1) is 5.82 Å². The number of rotatable bonds is 4. The van der Waals surface area contributed by atoms with E-state index in [1.807, 2.05) is 29.3 Å². The van der Waals surface area contributed by atoms with Crippen LogP contribution in [0.5, 0.6) is 0 Å². The monoisotopic (exact) mass is 331 g/mol. The van der Waals surface area contributed by atoms with Crippen molar-refractivity contribution in [2.45, 2.75) is 6.54 Å². The first kappa shape index (κ1) is 16.0. The SMILES string of the molecule is Fc1cccc(C=NN2CCN(Cc3ccccc3Cl)CC2)c1. The van der Waals surface area contributed by atoms with Gasteiger partial charge < -0.3 is 0 Å². The second kappa shape index (κ2) is 7.57. The lowest BCUT2D eigenvalue weighted by Gasteiger charge is -2.33. The fraction of sp³-hybridized carbons (Fsp3) is 0.278. The molecule has 0 spiro atoms. The summed E-state index contributed by atoms with van der Waals surface area (Å²) in [5.41, 5.74) is 1.94. The first-order chi connectivity index (χ1) is 11.2. The van der Waals surface area contributed by atoms with Crippen molar-refractivity contribution in [1.29, 1.82) is 0 Å². The number of halogens is 2. The molecular weight excluding hydrogens is 313 g/mol. The van der Waals surface area contributed by atoms with Crippen molar-refractivity contribution in [2.24, 2.45) is 5.10 Å². The number of hydrazone groups is 1. The average molecular weight is 332 g/mol. The van der Waals surface area contributed by atoms with Crippen LogP contribution in [-0.4, -0.2) is 42.3 Å². The molecule has 2 aromatic carbocycles. The van der Waals surface area contributed by atoms with Crippen LogP contribution in [0.1, 0.15) is 11.1 Å². The summed E-state index contributed by atoms with van der Waals surface area (Å²) >= 11 is 6.21. The van der Waals surface area contributed by atoms with Gasteiger partial charge in [-0.2, -0.15) is 5.10 Å². The Bertz CT molecular complexity index is 681. The second-order valence-electron chi connectivity index (χ2n) is 5.62. The maximum absolute atomic E-state index is 13.1. The molecular formula is C18H19ClFN3. The van der Waals surface area contributed by atoms with E-state index in [1.54, 1.807) is 12.3 Å². The summed E-state index contributed by atoms with van der Waals surface area (Å²) in [5.74, 6) is -0.237. The lowest BCUT2D eigenvalue weighted by Crippen LogP contribution is -2.43. The molecule has 0 saturated carbocycles. The Balaban J connectivity index is 1.51. The molecule has 1 aliphatic rings. The van der Waals surface area contributed by atoms with Crippen LogP contribution in [0.15, 0.2) is 53.6 Å². The zero-order valence-electron chi connectivity index (χ0n) is 12.8. The summed E-state index contributed by atoms with van der Waals surface area (Å²) in [5, 5.41) is 7.28. The van der Waals surface area contributed by atoms with Gasteiger partial charge >= 0.3 is 0 Å². The normalized spacial score (nSPS) is 16.2. The molecule has 3 nitrogen and oxygen atoms in total. The van der Waals surface area contributed by atoms with E-state index in [1.165, 1.54) is 12.1 Å². The minimum atomic E-state index is -0.237. The smallest absolute Gasteiger partial charge is 0.123 e. The van der Waals surface area contributed by atoms with E-state index in [0.29, 0.717) is 0 Å². The van der Waals surface area contributed by atoms with Crippen LogP contribution in [0.2, 0.25) is 5.02 Å². The number of hydrogen-bond acceptors (Lipinski definition) is 3. The lowest BCUT2D eigenvalue weighted by molar-refractivity contribution is 0.131. The summed E-state index contributed by atoms with van der Waals surface area (Å²) in [6.07, 6.45) is 1.72. The molecule has 3 rings (SSSR count). The van der Waals surface area contributed by atoms with E-state index in [4.69, 9.17) is 11.6 Å². The first-order valence-electron chi connectivity index (χ1n) is 7.71. The van der Waals surface area contributed by atoms with Crippen LogP contribution in [0.4, 0.5) is 4.39 Å². The highest BCUT2D eigenvalue weighted by Crippen LogP contribution is 2.17. The molecule has 1 heterocycles. The largest absolute Gasteiger partial charge is 0.295 e. The average Bonchev–Trinajstić information content (AvgIpc) is 2.56. The van der Waals surface area contributed by atoms with Gasteiger partial charge in [-0.25, -0.2) is 4.39 Å². The van der Waals surface area contributed by atoms with E-state index < -0.39 is 0 Å². The van der Waals surface area contributed by atoms with Gasteiger partial charge in [0.05, 0.1) is 6.21 Å². The third-order valence-electron chi connectivity index (χ3n) is 3.92. The van der Waals surface area contributed by atoms with Crippen molar-refractivity contribution >= 4 is 17.8 Å². The van der Waals surface area contributed by atoms with Crippen molar-refractivity contribution in [3.63, 3.8) is 0 Å². The van der Waals surface area contributed by atoms with Gasteiger partial charge in [-0.3, -0.25) is 9.91 Å². The van der Waals surface area contributed by atoms with E-state index in [9.17, 15) is 4.39 Å². The second-order valence-corrected chi connectivity index (χ2v) is 6.03. The summed E-state index contributed by atoms with van der Waals surface area (Å²) in [7, 11) is 0. The van der Waals surface area contributed by atoms with Crippen molar-refractivity contribution in [1.82, 2.24) is 9.91 Å². The fourth-order valence-electron chi connectivity index (χ4n) is 2.61. The quantitative estimate of drug-likeness (QED) is 0.797. The van der Waals surface area contributed by atoms with Gasteiger partial charge in [0.2, 0.25) is 0 Å². The van der Waals surface area contributed by atoms with Crippen LogP contribution in [0.3, 0.4) is 0 Å². The summed E-state index contributed by atoms with van der Waals surface area (Å²) in [6.45, 7) is 4.45. The van der Waals surface area contributed by atoms with E-state index in [0.717, 1.165) is 48.9 Å². The highest BCUT2D eigenvalue weighted by atomic mass is 35.5. The van der Waals surface area contributed by atoms with Crippen molar-refractivity contribution in [3.8, 4) is 0 Å². The zero-order valence-corrected chi connectivity index (χ0v) is 13.6. The molecule has 120 valence electrons. The Kier molecular flexibility index (Phi) is 5.26. The topological polar surface area (TPSA) is 18.8 Å². The van der Waals surface area contributed by atoms with Gasteiger partial charge in [0.25, 0.3) is 0 Å². The molecule has 0 amide bonds. The van der Waals surface area contributed by atoms with Gasteiger partial charge in [-0.05, 0) is 29.3 Å². The zero-order chi connectivity index (χ0) is 16.1. The molecule has 1 aliphatic heterocycles. The minimum Gasteiger partial charge on any atom is -0.295 e. The van der Waals surface area contributed by atoms with Crippen molar-refractivity contribution < 1.29 is 4.39 Å². The predicted octanol–water partition coefficient (Wildman–Crippen LogP) is 3.63. The van der Waals surface area contributed by atoms with Crippen molar-refractivity contribution in [3.05, 3.63) is 70.5 Å². The molecule has 0 bridgehead atoms. The van der Waals surface area contributed by atoms with Gasteiger partial charge in [0.15, 0.2) is 0 Å². The summed E-state index contributed by atoms with van der Waals surface area (Å²) in [4.78, 5) is 2.37. The molecule has 0 atom stereocenters. The summed E-state index contributed by atoms with van der Waals surface area (Å²) < 4.78 is 13.1. The van der Waals surface area contributed by atoms with Crippen LogP contribution >= 0.6 is 11.6 Å². The molecule has 0 N–H and O–H groups in total. The molecule has 1 fully saturated rings. The third-order valence-corrected chi connectivity index (χ3v) is 4.29. The lowest BCUT2D eigenvalue weighted by atomic mass is 10.2. The predicted molar refractivity (Wildman–Crippen MR) is 92.3 cm³/mol. The molecule has 0 radical (unpaired) electrons. The molecule has 0 unspecified atom stereocenters. The number of benzene rings is 2. The standard InChI is InChI=1S/C18H19ClFN3/c19-18-7-2-1-5-16(18)14-22-8-10-23(11-9-22)21-13-15-4-3-6-17(20)12-15/h1-7,12-13H,8-11,14H2. The van der Waals surface area contributed by atoms with E-state index in [-0.39, 0.29) is 5.82 Å². The molecule has 0 aliphatic carbocycles. The number of hydrogen-bond donors (Lipinski definition) is 0. The Morgan fingerprint density at radius 2 is 1.83 bits per heavy atom. The number of piperazine rings is 1. The fourth-order valence-corrected chi connectivity index (χ4v) is 2.81. The van der Waals surface area contributed by atoms with E-state index in [2.05, 4.69) is 16.1 Å². The van der Waals surface area contributed by atoms with Gasteiger partial charge in [0.1, 0.15) is 5.82 Å². The maximum Gasteiger partial charge on any atom is 0.123 e. The molecule has 23 heavy (non-hydrogen) atoms. The van der Waals surface area contributed by atoms with Crippen LogP contribution < -0.4 is 0 Å². The molecule has 2 aromatic rings. The Labute approximate surface area is 141 Å². The Morgan fingerprint density at radius 3 is 2.57 bits per heavy atom. The highest BCUT2D eigenvalue weighted by Gasteiger charge is 2.16. The highest BCUT2D eigenvalue weighted by molar-refractivity contribution is 6.31. The third kappa shape index (κ3) is 4.53. The molecule has 5 heteroatoms. The van der Waals surface area contributed by atoms with Crippen molar-refractivity contribution in [2.75, 3.05) is 26.2 Å². The Hall–Kier alpha value is -1.91. The number of nitrogens with zero attached hydrogens (tertiary/aromatic N) is 3. The minimum absolute atomic E-state index is 0.237. The van der Waals surface area contributed by atoms with Crippen LogP contribution in [-0.2, 0) is 6.54 Å².